The Balaban J connectivity index is 2.06. The van der Waals surface area contributed by atoms with Gasteiger partial charge < -0.3 is 9.45 Å². The molecular weight excluding hydrogens is 362 g/mol. The maximum Gasteiger partial charge on any atom is 0.124 e. The summed E-state index contributed by atoms with van der Waals surface area (Å²) in [6.07, 6.45) is 4.67. The third-order valence-corrected chi connectivity index (χ3v) is 5.03. The van der Waals surface area contributed by atoms with Crippen molar-refractivity contribution in [1.82, 2.24) is 0 Å². The van der Waals surface area contributed by atoms with Crippen LogP contribution in [0.25, 0.3) is 0 Å². The second kappa shape index (κ2) is 10.2. The van der Waals surface area contributed by atoms with Gasteiger partial charge in [-0.3, -0.25) is 0 Å². The summed E-state index contributed by atoms with van der Waals surface area (Å²) in [5.41, 5.74) is 2.38. The van der Waals surface area contributed by atoms with Gasteiger partial charge >= 0.3 is 0 Å². The van der Waals surface area contributed by atoms with E-state index >= 15 is 0 Å². The van der Waals surface area contributed by atoms with Gasteiger partial charge in [-0.2, -0.15) is 10.2 Å². The molecule has 0 bridgehead atoms. The van der Waals surface area contributed by atoms with Gasteiger partial charge in [0, 0.05) is 18.8 Å². The predicted molar refractivity (Wildman–Crippen MR) is 107 cm³/mol. The lowest BCUT2D eigenvalue weighted by Gasteiger charge is -2.24. The second-order valence-electron chi connectivity index (χ2n) is 6.36. The van der Waals surface area contributed by atoms with Crippen LogP contribution in [0.4, 0.5) is 17.1 Å². The molecule has 0 fully saturated rings. The van der Waals surface area contributed by atoms with Crippen LogP contribution >= 0.6 is 0 Å². The molecule has 27 heavy (non-hydrogen) atoms. The zero-order chi connectivity index (χ0) is 19.7. The molecule has 0 aromatic heterocycles. The number of benzene rings is 2. The Hall–Kier alpha value is -2.25. The van der Waals surface area contributed by atoms with Gasteiger partial charge in [0.2, 0.25) is 0 Å². The first-order chi connectivity index (χ1) is 12.9. The summed E-state index contributed by atoms with van der Waals surface area (Å²) < 4.78 is 32.8. The number of azo groups is 1. The third kappa shape index (κ3) is 6.77. The van der Waals surface area contributed by atoms with Gasteiger partial charge in [-0.1, -0.05) is 26.7 Å². The van der Waals surface area contributed by atoms with Crippen LogP contribution in [0.5, 0.6) is 0 Å². The number of rotatable bonds is 10. The first-order valence-corrected chi connectivity index (χ1v) is 10.7. The van der Waals surface area contributed by atoms with Crippen LogP contribution < -0.4 is 4.90 Å². The van der Waals surface area contributed by atoms with Gasteiger partial charge in [0.25, 0.3) is 0 Å². The van der Waals surface area contributed by atoms with Crippen LogP contribution in [0.2, 0.25) is 0 Å². The van der Waals surface area contributed by atoms with Gasteiger partial charge in [-0.05, 0) is 61.4 Å². The van der Waals surface area contributed by atoms with E-state index in [1.165, 1.54) is 55.6 Å². The average molecular weight is 389 g/mol. The maximum absolute atomic E-state index is 10.9. The largest absolute Gasteiger partial charge is 0.744 e. The van der Waals surface area contributed by atoms with Crippen LogP contribution in [0.3, 0.4) is 0 Å². The predicted octanol–water partition coefficient (Wildman–Crippen LogP) is 5.41. The second-order valence-corrected chi connectivity index (χ2v) is 7.74. The van der Waals surface area contributed by atoms with Crippen molar-refractivity contribution in [2.24, 2.45) is 10.2 Å². The van der Waals surface area contributed by atoms with Crippen molar-refractivity contribution in [3.63, 3.8) is 0 Å². The number of anilines is 1. The molecule has 6 nitrogen and oxygen atoms in total. The van der Waals surface area contributed by atoms with Gasteiger partial charge in [-0.25, -0.2) is 8.42 Å². The summed E-state index contributed by atoms with van der Waals surface area (Å²) in [6.45, 7) is 6.49. The zero-order valence-corrected chi connectivity index (χ0v) is 16.7. The molecule has 0 aliphatic rings. The van der Waals surface area contributed by atoms with E-state index in [4.69, 9.17) is 0 Å². The van der Waals surface area contributed by atoms with E-state index in [0.29, 0.717) is 11.4 Å². The lowest BCUT2D eigenvalue weighted by atomic mass is 10.2. The molecule has 0 unspecified atom stereocenters. The van der Waals surface area contributed by atoms with Crippen LogP contribution in [0, 0.1) is 0 Å². The van der Waals surface area contributed by atoms with Crippen molar-refractivity contribution in [2.45, 2.75) is 44.4 Å². The fourth-order valence-electron chi connectivity index (χ4n) is 2.59. The molecule has 0 aliphatic carbocycles. The standard InChI is InChI=1S/C20H27N3O3S/c1-3-5-15-23(16-6-4-2)19-11-7-17(8-12-19)21-22-18-9-13-20(14-10-18)27(24,25)26/h7-14H,3-6,15-16H2,1-2H3,(H,24,25,26)/p-1. The molecule has 0 saturated heterocycles. The van der Waals surface area contributed by atoms with E-state index in [0.717, 1.165) is 13.1 Å². The Bertz CT molecular complexity index is 824. The molecule has 0 saturated carbocycles. The highest BCUT2D eigenvalue weighted by molar-refractivity contribution is 7.85. The van der Waals surface area contributed by atoms with Crippen molar-refractivity contribution in [1.29, 1.82) is 0 Å². The molecule has 0 heterocycles. The fourth-order valence-corrected chi connectivity index (χ4v) is 3.06. The molecular formula is C20H26N3O3S-. The van der Waals surface area contributed by atoms with Crippen molar-refractivity contribution in [3.05, 3.63) is 48.5 Å². The van der Waals surface area contributed by atoms with Gasteiger partial charge in [0.05, 0.1) is 16.3 Å². The quantitative estimate of drug-likeness (QED) is 0.402. The van der Waals surface area contributed by atoms with Crippen molar-refractivity contribution in [3.8, 4) is 0 Å². The highest BCUT2D eigenvalue weighted by atomic mass is 32.2. The lowest BCUT2D eigenvalue weighted by Crippen LogP contribution is -2.25. The molecule has 0 atom stereocenters. The minimum atomic E-state index is -4.44. The fraction of sp³-hybridized carbons (Fsp3) is 0.400. The summed E-state index contributed by atoms with van der Waals surface area (Å²) in [5.74, 6) is 0. The highest BCUT2D eigenvalue weighted by Gasteiger charge is 2.05. The summed E-state index contributed by atoms with van der Waals surface area (Å²) in [6, 6.07) is 13.3. The Morgan fingerprint density at radius 3 is 1.67 bits per heavy atom. The normalized spacial score (nSPS) is 11.8. The van der Waals surface area contributed by atoms with Gasteiger partial charge in [0.1, 0.15) is 10.1 Å². The van der Waals surface area contributed by atoms with E-state index in [9.17, 15) is 13.0 Å². The summed E-state index contributed by atoms with van der Waals surface area (Å²) >= 11 is 0. The highest BCUT2D eigenvalue weighted by Crippen LogP contribution is 2.23. The topological polar surface area (TPSA) is 85.2 Å². The summed E-state index contributed by atoms with van der Waals surface area (Å²) in [5, 5.41) is 8.26. The van der Waals surface area contributed by atoms with Crippen LogP contribution in [-0.2, 0) is 10.1 Å². The molecule has 7 heteroatoms. The number of unbranched alkanes of at least 4 members (excludes halogenated alkanes) is 2. The van der Waals surface area contributed by atoms with Gasteiger partial charge in [0.15, 0.2) is 0 Å². The molecule has 146 valence electrons. The first kappa shape index (κ1) is 21.1. The molecule has 0 radical (unpaired) electrons. The Morgan fingerprint density at radius 2 is 1.26 bits per heavy atom. The number of hydrogen-bond donors (Lipinski definition) is 0. The van der Waals surface area contributed by atoms with E-state index in [-0.39, 0.29) is 4.90 Å². The van der Waals surface area contributed by atoms with E-state index in [1.807, 2.05) is 24.3 Å². The Kier molecular flexibility index (Phi) is 7.94. The Morgan fingerprint density at radius 1 is 0.815 bits per heavy atom. The molecule has 2 aromatic rings. The van der Waals surface area contributed by atoms with E-state index < -0.39 is 10.1 Å². The van der Waals surface area contributed by atoms with Crippen molar-refractivity contribution in [2.75, 3.05) is 18.0 Å². The monoisotopic (exact) mass is 388 g/mol. The lowest BCUT2D eigenvalue weighted by molar-refractivity contribution is 0.463. The molecule has 0 spiro atoms. The number of nitrogens with zero attached hydrogens (tertiary/aromatic N) is 3. The van der Waals surface area contributed by atoms with E-state index in [1.54, 1.807) is 0 Å². The minimum Gasteiger partial charge on any atom is -0.744 e. The zero-order valence-electron chi connectivity index (χ0n) is 15.8. The summed E-state index contributed by atoms with van der Waals surface area (Å²) in [4.78, 5) is 2.13. The minimum absolute atomic E-state index is 0.273. The molecule has 2 rings (SSSR count). The SMILES string of the molecule is CCCCN(CCCC)c1ccc(N=Nc2ccc(S(=O)(=O)[O-])cc2)cc1. The first-order valence-electron chi connectivity index (χ1n) is 9.26. The molecule has 2 aromatic carbocycles. The molecule has 0 N–H and O–H groups in total. The van der Waals surface area contributed by atoms with Crippen molar-refractivity contribution >= 4 is 27.2 Å². The van der Waals surface area contributed by atoms with E-state index in [2.05, 4.69) is 29.0 Å². The maximum atomic E-state index is 10.9. The Labute approximate surface area is 161 Å². The average Bonchev–Trinajstić information content (AvgIpc) is 2.67. The molecule has 0 aliphatic heterocycles. The van der Waals surface area contributed by atoms with Crippen LogP contribution in [0.1, 0.15) is 39.5 Å². The molecule has 0 amide bonds. The van der Waals surface area contributed by atoms with Crippen LogP contribution in [-0.4, -0.2) is 26.1 Å². The van der Waals surface area contributed by atoms with Crippen LogP contribution in [0.15, 0.2) is 63.7 Å². The third-order valence-electron chi connectivity index (χ3n) is 4.18. The summed E-state index contributed by atoms with van der Waals surface area (Å²) in [7, 11) is -4.44. The number of hydrogen-bond acceptors (Lipinski definition) is 6. The smallest absolute Gasteiger partial charge is 0.124 e. The van der Waals surface area contributed by atoms with Crippen molar-refractivity contribution < 1.29 is 13.0 Å². The van der Waals surface area contributed by atoms with Gasteiger partial charge in [-0.15, -0.1) is 0 Å².